The third-order valence-electron chi connectivity index (χ3n) is 4.82. The number of guanidine groups is 1. The minimum absolute atomic E-state index is 0. The number of aryl methyl sites for hydroxylation is 1. The number of rotatable bonds is 10. The molecular formula is C19H37IN6. The lowest BCUT2D eigenvalue weighted by Crippen LogP contribution is -2.39. The van der Waals surface area contributed by atoms with Crippen LogP contribution in [0.4, 0.5) is 0 Å². The molecule has 0 aliphatic carbocycles. The van der Waals surface area contributed by atoms with E-state index in [1.165, 1.54) is 45.2 Å². The van der Waals surface area contributed by atoms with E-state index in [1.807, 2.05) is 23.1 Å². The van der Waals surface area contributed by atoms with Gasteiger partial charge < -0.3 is 15.5 Å². The van der Waals surface area contributed by atoms with Crippen LogP contribution >= 0.6 is 24.0 Å². The fraction of sp³-hybridized carbons (Fsp3) is 0.789. The van der Waals surface area contributed by atoms with E-state index in [1.54, 1.807) is 0 Å². The van der Waals surface area contributed by atoms with Crippen molar-refractivity contribution in [1.29, 1.82) is 0 Å². The molecule has 26 heavy (non-hydrogen) atoms. The molecule has 0 radical (unpaired) electrons. The van der Waals surface area contributed by atoms with Crippen LogP contribution in [0.25, 0.3) is 0 Å². The molecule has 1 saturated heterocycles. The number of aromatic nitrogens is 2. The fourth-order valence-corrected chi connectivity index (χ4v) is 3.33. The Morgan fingerprint density at radius 2 is 2.08 bits per heavy atom. The van der Waals surface area contributed by atoms with Gasteiger partial charge in [0.25, 0.3) is 0 Å². The van der Waals surface area contributed by atoms with E-state index in [-0.39, 0.29) is 24.0 Å². The number of nitrogens with one attached hydrogen (secondary N) is 2. The number of hydrogen-bond donors (Lipinski definition) is 2. The van der Waals surface area contributed by atoms with Crippen LogP contribution in [0.15, 0.2) is 23.5 Å². The molecule has 1 aromatic rings. The second kappa shape index (κ2) is 14.3. The molecule has 7 heteroatoms. The lowest BCUT2D eigenvalue weighted by molar-refractivity contribution is 0.158. The Kier molecular flexibility index (Phi) is 12.7. The maximum Gasteiger partial charge on any atom is 0.191 e. The van der Waals surface area contributed by atoms with Crippen molar-refractivity contribution >= 4 is 29.9 Å². The third kappa shape index (κ3) is 9.21. The summed E-state index contributed by atoms with van der Waals surface area (Å²) in [7, 11) is 0. The van der Waals surface area contributed by atoms with Gasteiger partial charge in [0.05, 0.1) is 0 Å². The zero-order valence-electron chi connectivity index (χ0n) is 16.5. The van der Waals surface area contributed by atoms with Crippen molar-refractivity contribution in [3.05, 3.63) is 18.5 Å². The van der Waals surface area contributed by atoms with Gasteiger partial charge in [0.1, 0.15) is 0 Å². The predicted molar refractivity (Wildman–Crippen MR) is 120 cm³/mol. The summed E-state index contributed by atoms with van der Waals surface area (Å²) in [6, 6.07) is 2.73. The fourth-order valence-electron chi connectivity index (χ4n) is 3.33. The van der Waals surface area contributed by atoms with Crippen LogP contribution in [0, 0.1) is 0 Å². The normalized spacial score (nSPS) is 18.4. The molecule has 1 unspecified atom stereocenters. The molecule has 0 amide bonds. The smallest absolute Gasteiger partial charge is 0.191 e. The molecule has 0 saturated carbocycles. The van der Waals surface area contributed by atoms with E-state index in [2.05, 4.69) is 39.5 Å². The van der Waals surface area contributed by atoms with E-state index in [0.717, 1.165) is 44.6 Å². The Labute approximate surface area is 176 Å². The average molecular weight is 476 g/mol. The first-order valence-electron chi connectivity index (χ1n) is 10.0. The first-order valence-corrected chi connectivity index (χ1v) is 10.0. The molecule has 2 N–H and O–H groups in total. The molecule has 1 aliphatic rings. The van der Waals surface area contributed by atoms with Gasteiger partial charge in [-0.15, -0.1) is 24.0 Å². The predicted octanol–water partition coefficient (Wildman–Crippen LogP) is 3.10. The van der Waals surface area contributed by atoms with Gasteiger partial charge in [0.2, 0.25) is 0 Å². The zero-order chi connectivity index (χ0) is 17.7. The molecule has 6 nitrogen and oxygen atoms in total. The maximum atomic E-state index is 4.66. The van der Waals surface area contributed by atoms with Crippen molar-refractivity contribution < 1.29 is 0 Å². The summed E-state index contributed by atoms with van der Waals surface area (Å²) in [5.74, 6) is 0.939. The van der Waals surface area contributed by atoms with Crippen LogP contribution in [0.5, 0.6) is 0 Å². The SMILES string of the molecule is CCNC(=NCCCn1cccn1)NCCCCN1CCCCC1C.I. The van der Waals surface area contributed by atoms with E-state index >= 15 is 0 Å². The number of halogens is 1. The molecular weight excluding hydrogens is 439 g/mol. The van der Waals surface area contributed by atoms with E-state index in [9.17, 15) is 0 Å². The summed E-state index contributed by atoms with van der Waals surface area (Å²) in [5, 5.41) is 11.0. The molecule has 0 aromatic carbocycles. The van der Waals surface area contributed by atoms with Crippen molar-refractivity contribution in [1.82, 2.24) is 25.3 Å². The minimum Gasteiger partial charge on any atom is -0.357 e. The third-order valence-corrected chi connectivity index (χ3v) is 4.82. The summed E-state index contributed by atoms with van der Waals surface area (Å²) in [6.07, 6.45) is 11.4. The molecule has 2 heterocycles. The average Bonchev–Trinajstić information content (AvgIpc) is 3.13. The van der Waals surface area contributed by atoms with Crippen LogP contribution in [0.1, 0.15) is 52.4 Å². The molecule has 1 atom stereocenters. The Hall–Kier alpha value is -0.830. The van der Waals surface area contributed by atoms with Crippen LogP contribution in [-0.2, 0) is 6.54 Å². The quantitative estimate of drug-likeness (QED) is 0.236. The highest BCUT2D eigenvalue weighted by molar-refractivity contribution is 14.0. The lowest BCUT2D eigenvalue weighted by atomic mass is 10.0. The van der Waals surface area contributed by atoms with Crippen molar-refractivity contribution in [2.75, 3.05) is 32.7 Å². The number of nitrogens with zero attached hydrogens (tertiary/aromatic N) is 4. The topological polar surface area (TPSA) is 57.5 Å². The first-order chi connectivity index (χ1) is 12.3. The monoisotopic (exact) mass is 476 g/mol. The van der Waals surface area contributed by atoms with Crippen molar-refractivity contribution in [3.8, 4) is 0 Å². The van der Waals surface area contributed by atoms with E-state index in [4.69, 9.17) is 0 Å². The molecule has 150 valence electrons. The van der Waals surface area contributed by atoms with Gasteiger partial charge in [-0.25, -0.2) is 0 Å². The summed E-state index contributed by atoms with van der Waals surface area (Å²) >= 11 is 0. The second-order valence-electron chi connectivity index (χ2n) is 6.90. The Morgan fingerprint density at radius 1 is 1.19 bits per heavy atom. The molecule has 1 fully saturated rings. The Bertz CT molecular complexity index is 476. The highest BCUT2D eigenvalue weighted by atomic mass is 127. The molecule has 0 spiro atoms. The van der Waals surface area contributed by atoms with E-state index < -0.39 is 0 Å². The number of piperidine rings is 1. The number of aliphatic imine (C=N–C) groups is 1. The van der Waals surface area contributed by atoms with Gasteiger partial charge in [-0.2, -0.15) is 5.10 Å². The van der Waals surface area contributed by atoms with Crippen molar-refractivity contribution in [3.63, 3.8) is 0 Å². The minimum atomic E-state index is 0. The lowest BCUT2D eigenvalue weighted by Gasteiger charge is -2.33. The highest BCUT2D eigenvalue weighted by Crippen LogP contribution is 2.16. The van der Waals surface area contributed by atoms with Crippen molar-refractivity contribution in [2.45, 2.75) is 65.0 Å². The number of unbranched alkanes of at least 4 members (excludes halogenated alkanes) is 1. The number of likely N-dealkylation sites (tertiary alicyclic amines) is 1. The van der Waals surface area contributed by atoms with Crippen LogP contribution in [0.3, 0.4) is 0 Å². The first kappa shape index (κ1) is 23.2. The zero-order valence-corrected chi connectivity index (χ0v) is 18.8. The molecule has 2 rings (SSSR count). The van der Waals surface area contributed by atoms with Crippen LogP contribution in [0.2, 0.25) is 0 Å². The maximum absolute atomic E-state index is 4.66. The van der Waals surface area contributed by atoms with Crippen LogP contribution in [-0.4, -0.2) is 59.4 Å². The summed E-state index contributed by atoms with van der Waals surface area (Å²) in [6.45, 7) is 10.6. The van der Waals surface area contributed by atoms with Crippen molar-refractivity contribution in [2.24, 2.45) is 4.99 Å². The summed E-state index contributed by atoms with van der Waals surface area (Å²) < 4.78 is 1.96. The van der Waals surface area contributed by atoms with Crippen LogP contribution < -0.4 is 10.6 Å². The second-order valence-corrected chi connectivity index (χ2v) is 6.90. The summed E-state index contributed by atoms with van der Waals surface area (Å²) in [5.41, 5.74) is 0. The Balaban J connectivity index is 0.00000338. The van der Waals surface area contributed by atoms with Gasteiger partial charge in [-0.1, -0.05) is 6.42 Å². The van der Waals surface area contributed by atoms with Gasteiger partial charge in [0, 0.05) is 44.6 Å². The number of hydrogen-bond acceptors (Lipinski definition) is 3. The van der Waals surface area contributed by atoms with Gasteiger partial charge in [0.15, 0.2) is 5.96 Å². The highest BCUT2D eigenvalue weighted by Gasteiger charge is 2.16. The Morgan fingerprint density at radius 3 is 2.81 bits per heavy atom. The van der Waals surface area contributed by atoms with Gasteiger partial charge in [-0.05, 0) is 65.1 Å². The van der Waals surface area contributed by atoms with Gasteiger partial charge in [-0.3, -0.25) is 9.67 Å². The van der Waals surface area contributed by atoms with E-state index in [0.29, 0.717) is 0 Å². The summed E-state index contributed by atoms with van der Waals surface area (Å²) in [4.78, 5) is 7.31. The molecule has 1 aromatic heterocycles. The van der Waals surface area contributed by atoms with Gasteiger partial charge >= 0.3 is 0 Å². The molecule has 0 bridgehead atoms. The standard InChI is InChI=1S/C19H36N6.HI/c1-3-20-19(22-12-8-16-25-17-9-13-23-25)21-11-5-7-15-24-14-6-4-10-18(24)2;/h9,13,17-18H,3-8,10-12,14-16H2,1-2H3,(H2,20,21,22);1H. The molecule has 1 aliphatic heterocycles. The largest absolute Gasteiger partial charge is 0.357 e.